The van der Waals surface area contributed by atoms with Crippen molar-refractivity contribution in [2.24, 2.45) is 5.92 Å². The molecule has 0 spiro atoms. The fraction of sp³-hybridized carbons (Fsp3) is 0.778. The summed E-state index contributed by atoms with van der Waals surface area (Å²) in [4.78, 5) is 0. The van der Waals surface area contributed by atoms with E-state index in [9.17, 15) is 0 Å². The summed E-state index contributed by atoms with van der Waals surface area (Å²) in [6.07, 6.45) is 9.43. The van der Waals surface area contributed by atoms with Crippen LogP contribution in [0.25, 0.3) is 0 Å². The fourth-order valence-electron chi connectivity index (χ4n) is 0.980. The largest absolute Gasteiger partial charge is 0.394 e. The Hall–Kier alpha value is 0.230. The minimum Gasteiger partial charge on any atom is -0.394 e. The van der Waals surface area contributed by atoms with E-state index < -0.39 is 0 Å². The normalized spacial score (nSPS) is 13.1. The van der Waals surface area contributed by atoms with Crippen LogP contribution in [0, 0.1) is 12.0 Å². The number of rotatable bonds is 2. The maximum absolute atomic E-state index is 8.06. The van der Waals surface area contributed by atoms with Crippen molar-refractivity contribution in [2.75, 3.05) is 0 Å². The van der Waals surface area contributed by atoms with Crippen LogP contribution in [0.4, 0.5) is 0 Å². The molecule has 1 unspecified atom stereocenters. The van der Waals surface area contributed by atoms with Crippen molar-refractivity contribution in [2.45, 2.75) is 86.5 Å². The number of aliphatic hydroxyl groups is 3. The topological polar surface area (TPSA) is 60.7 Å². The molecule has 0 fully saturated rings. The molecule has 0 aromatic carbocycles. The summed E-state index contributed by atoms with van der Waals surface area (Å²) < 4.78 is 0. The van der Waals surface area contributed by atoms with Gasteiger partial charge in [0.1, 0.15) is 0 Å². The van der Waals surface area contributed by atoms with Crippen LogP contribution in [0.5, 0.6) is 0 Å². The van der Waals surface area contributed by atoms with E-state index >= 15 is 0 Å². The first-order valence-corrected chi connectivity index (χ1v) is 7.85. The minimum atomic E-state index is -0.167. The van der Waals surface area contributed by atoms with Gasteiger partial charge >= 0.3 is 0 Å². The summed E-state index contributed by atoms with van der Waals surface area (Å²) in [5.74, 6) is 0.712. The first-order chi connectivity index (χ1) is 9.54. The summed E-state index contributed by atoms with van der Waals surface area (Å²) >= 11 is 0. The smallest absolute Gasteiger partial charge is 0.0483 e. The maximum Gasteiger partial charge on any atom is 0.0483 e. The summed E-state index contributed by atoms with van der Waals surface area (Å²) in [6, 6.07) is 0. The van der Waals surface area contributed by atoms with Gasteiger partial charge in [-0.15, -0.1) is 6.42 Å². The SMILES string of the molecule is CC(C)O.CC(C)O.CC(C)O.CCC(C)C1=[C-]CC=C1.[Hf]. The maximum atomic E-state index is 8.06. The van der Waals surface area contributed by atoms with E-state index in [-0.39, 0.29) is 44.2 Å². The third kappa shape index (κ3) is 42.7. The van der Waals surface area contributed by atoms with Gasteiger partial charge in [-0.1, -0.05) is 26.2 Å². The molecule has 1 rings (SSSR count). The van der Waals surface area contributed by atoms with Crippen LogP contribution in [-0.2, 0) is 25.8 Å². The van der Waals surface area contributed by atoms with Gasteiger partial charge in [0.25, 0.3) is 0 Å². The minimum absolute atomic E-state index is 0. The van der Waals surface area contributed by atoms with Crippen molar-refractivity contribution >= 4 is 0 Å². The molecule has 132 valence electrons. The van der Waals surface area contributed by atoms with Crippen LogP contribution in [0.15, 0.2) is 17.7 Å². The molecular weight excluding hydrogens is 443 g/mol. The van der Waals surface area contributed by atoms with E-state index in [2.05, 4.69) is 32.1 Å². The monoisotopic (exact) mass is 481 g/mol. The van der Waals surface area contributed by atoms with Crippen LogP contribution in [0.1, 0.15) is 68.2 Å². The van der Waals surface area contributed by atoms with Crippen molar-refractivity contribution in [3.63, 3.8) is 0 Å². The molecule has 0 aliphatic heterocycles. The van der Waals surface area contributed by atoms with E-state index in [4.69, 9.17) is 15.3 Å². The first kappa shape index (κ1) is 30.1. The quantitative estimate of drug-likeness (QED) is 0.416. The van der Waals surface area contributed by atoms with Gasteiger partial charge in [-0.25, -0.2) is 11.6 Å². The Labute approximate surface area is 157 Å². The van der Waals surface area contributed by atoms with Crippen molar-refractivity contribution in [1.82, 2.24) is 0 Å². The molecule has 0 saturated carbocycles. The van der Waals surface area contributed by atoms with Gasteiger partial charge in [0.05, 0.1) is 0 Å². The van der Waals surface area contributed by atoms with Gasteiger partial charge in [-0.05, 0) is 41.5 Å². The molecule has 1 aliphatic rings. The number of aliphatic hydroxyl groups excluding tert-OH is 3. The molecule has 1 atom stereocenters. The fourth-order valence-corrected chi connectivity index (χ4v) is 0.980. The van der Waals surface area contributed by atoms with E-state index in [1.54, 1.807) is 41.5 Å². The predicted octanol–water partition coefficient (Wildman–Crippen LogP) is 3.88. The number of hydrogen-bond acceptors (Lipinski definition) is 3. The summed E-state index contributed by atoms with van der Waals surface area (Å²) in [6.45, 7) is 14.8. The zero-order valence-electron chi connectivity index (χ0n) is 15.7. The molecule has 1 aliphatic carbocycles. The number of hydrogen-bond donors (Lipinski definition) is 3. The Bertz CT molecular complexity index is 237. The Morgan fingerprint density at radius 3 is 1.41 bits per heavy atom. The first-order valence-electron chi connectivity index (χ1n) is 7.85. The second-order valence-corrected chi connectivity index (χ2v) is 5.83. The van der Waals surface area contributed by atoms with Gasteiger partial charge in [0, 0.05) is 44.2 Å². The van der Waals surface area contributed by atoms with Gasteiger partial charge in [-0.2, -0.15) is 6.08 Å². The third-order valence-corrected chi connectivity index (χ3v) is 1.86. The molecule has 22 heavy (non-hydrogen) atoms. The van der Waals surface area contributed by atoms with E-state index in [1.165, 1.54) is 12.0 Å². The van der Waals surface area contributed by atoms with Gasteiger partial charge in [0.15, 0.2) is 0 Å². The zero-order chi connectivity index (χ0) is 17.4. The van der Waals surface area contributed by atoms with Crippen LogP contribution in [0.3, 0.4) is 0 Å². The molecule has 0 aromatic heterocycles. The molecule has 0 amide bonds. The molecule has 0 aromatic rings. The summed E-state index contributed by atoms with van der Waals surface area (Å²) in [7, 11) is 0. The molecule has 0 heterocycles. The predicted molar refractivity (Wildman–Crippen MR) is 92.0 cm³/mol. The van der Waals surface area contributed by atoms with E-state index in [0.717, 1.165) is 6.42 Å². The molecule has 3 nitrogen and oxygen atoms in total. The van der Waals surface area contributed by atoms with Gasteiger partial charge in [-0.3, -0.25) is 6.08 Å². The van der Waals surface area contributed by atoms with Crippen LogP contribution < -0.4 is 0 Å². The molecule has 3 N–H and O–H groups in total. The van der Waals surface area contributed by atoms with E-state index in [0.29, 0.717) is 5.92 Å². The second kappa shape index (κ2) is 21.2. The van der Waals surface area contributed by atoms with Gasteiger partial charge in [0.2, 0.25) is 0 Å². The average molecular weight is 480 g/mol. The third-order valence-electron chi connectivity index (χ3n) is 1.86. The van der Waals surface area contributed by atoms with Crippen molar-refractivity contribution in [3.8, 4) is 0 Å². The van der Waals surface area contributed by atoms with Crippen LogP contribution in [0.2, 0.25) is 0 Å². The average Bonchev–Trinajstić information content (AvgIpc) is 2.79. The van der Waals surface area contributed by atoms with Crippen LogP contribution in [-0.4, -0.2) is 33.6 Å². The Morgan fingerprint density at radius 2 is 1.23 bits per heavy atom. The van der Waals surface area contributed by atoms with Gasteiger partial charge < -0.3 is 15.3 Å². The Kier molecular flexibility index (Phi) is 29.1. The Morgan fingerprint density at radius 1 is 0.909 bits per heavy atom. The second-order valence-electron chi connectivity index (χ2n) is 5.83. The zero-order valence-corrected chi connectivity index (χ0v) is 19.3. The molecular formula is C18H37HfO3-. The van der Waals surface area contributed by atoms with E-state index in [1.807, 2.05) is 0 Å². The number of allylic oxidation sites excluding steroid dienone is 4. The van der Waals surface area contributed by atoms with Crippen LogP contribution >= 0.6 is 0 Å². The summed E-state index contributed by atoms with van der Waals surface area (Å²) in [5.41, 5.74) is 1.40. The molecule has 4 heteroatoms. The van der Waals surface area contributed by atoms with Crippen molar-refractivity contribution in [3.05, 3.63) is 23.8 Å². The Balaban J connectivity index is -0.000000107. The van der Waals surface area contributed by atoms with Crippen molar-refractivity contribution < 1.29 is 41.2 Å². The molecule has 0 bridgehead atoms. The molecule has 0 saturated heterocycles. The molecule has 0 radical (unpaired) electrons. The van der Waals surface area contributed by atoms with Crippen molar-refractivity contribution in [1.29, 1.82) is 0 Å². The summed E-state index contributed by atoms with van der Waals surface area (Å²) in [5, 5.41) is 24.2. The standard InChI is InChI=1S/C9H13.3C3H8O.Hf/c1-3-8(2)9-6-4-5-7-9;3*1-3(2)4;/h4,6,8H,3,5H2,1-2H3;3*3-4H,1-2H3;/q-1;;;;.